The van der Waals surface area contributed by atoms with Gasteiger partial charge in [-0.1, -0.05) is 20.8 Å². The molecule has 1 N–H and O–H groups in total. The second-order valence-corrected chi connectivity index (χ2v) is 8.94. The number of piperazine rings is 1. The predicted molar refractivity (Wildman–Crippen MR) is 81.2 cm³/mol. The van der Waals surface area contributed by atoms with Crippen LogP contribution < -0.4 is 5.32 Å². The first-order valence-electron chi connectivity index (χ1n) is 7.29. The molecule has 1 heterocycles. The second kappa shape index (κ2) is 4.47. The van der Waals surface area contributed by atoms with Gasteiger partial charge < -0.3 is 5.32 Å². The van der Waals surface area contributed by atoms with Crippen molar-refractivity contribution in [2.75, 3.05) is 6.54 Å². The molecule has 0 aliphatic carbocycles. The van der Waals surface area contributed by atoms with Crippen LogP contribution in [0.15, 0.2) is 0 Å². The van der Waals surface area contributed by atoms with Crippen LogP contribution in [0.3, 0.4) is 0 Å². The molecule has 0 bridgehead atoms. The van der Waals surface area contributed by atoms with Crippen molar-refractivity contribution in [1.29, 1.82) is 0 Å². The molecule has 1 amide bonds. The Bertz CT molecular complexity index is 361. The standard InChI is InChI=1S/C16H32N2O/c1-13(2,3)10-14(4,5)18-15(6,7)11-17-12(19)16(18,8)9/h10-11H2,1-9H3,(H,17,19). The van der Waals surface area contributed by atoms with Crippen LogP contribution >= 0.6 is 0 Å². The fourth-order valence-corrected chi connectivity index (χ4v) is 4.40. The van der Waals surface area contributed by atoms with Gasteiger partial charge in [-0.25, -0.2) is 0 Å². The van der Waals surface area contributed by atoms with Gasteiger partial charge in [-0.2, -0.15) is 0 Å². The molecule has 1 rings (SSSR count). The number of amides is 1. The van der Waals surface area contributed by atoms with Gasteiger partial charge in [-0.15, -0.1) is 0 Å². The van der Waals surface area contributed by atoms with Gasteiger partial charge in [0.2, 0.25) is 5.91 Å². The third-order valence-electron chi connectivity index (χ3n) is 3.97. The number of carbonyl (C=O) groups excluding carboxylic acids is 1. The van der Waals surface area contributed by atoms with E-state index in [0.29, 0.717) is 6.54 Å². The van der Waals surface area contributed by atoms with Crippen LogP contribution in [0.5, 0.6) is 0 Å². The van der Waals surface area contributed by atoms with E-state index in [2.05, 4.69) is 58.7 Å². The molecule has 1 saturated heterocycles. The van der Waals surface area contributed by atoms with E-state index in [0.717, 1.165) is 6.42 Å². The van der Waals surface area contributed by atoms with Crippen molar-refractivity contribution in [2.45, 2.75) is 85.4 Å². The molecule has 0 aromatic carbocycles. The lowest BCUT2D eigenvalue weighted by Gasteiger charge is -2.59. The summed E-state index contributed by atoms with van der Waals surface area (Å²) >= 11 is 0. The minimum Gasteiger partial charge on any atom is -0.353 e. The molecule has 1 fully saturated rings. The Kier molecular flexibility index (Phi) is 3.88. The quantitative estimate of drug-likeness (QED) is 0.834. The normalized spacial score (nSPS) is 24.2. The first-order valence-corrected chi connectivity index (χ1v) is 7.29. The summed E-state index contributed by atoms with van der Waals surface area (Å²) < 4.78 is 0. The Labute approximate surface area is 119 Å². The van der Waals surface area contributed by atoms with E-state index in [1.807, 2.05) is 13.8 Å². The molecule has 1 aliphatic heterocycles. The number of nitrogens with one attached hydrogen (secondary N) is 1. The molecule has 0 unspecified atom stereocenters. The van der Waals surface area contributed by atoms with Gasteiger partial charge in [0.15, 0.2) is 0 Å². The van der Waals surface area contributed by atoms with Gasteiger partial charge in [0.05, 0.1) is 5.54 Å². The highest BCUT2D eigenvalue weighted by atomic mass is 16.2. The van der Waals surface area contributed by atoms with Crippen LogP contribution in [0.1, 0.15) is 68.7 Å². The Morgan fingerprint density at radius 2 is 1.58 bits per heavy atom. The lowest BCUT2D eigenvalue weighted by molar-refractivity contribution is -0.156. The zero-order valence-electron chi connectivity index (χ0n) is 14.3. The zero-order chi connectivity index (χ0) is 15.3. The summed E-state index contributed by atoms with van der Waals surface area (Å²) in [6.07, 6.45) is 1.06. The number of rotatable bonds is 2. The van der Waals surface area contributed by atoms with Crippen LogP contribution in [-0.4, -0.2) is 34.0 Å². The van der Waals surface area contributed by atoms with E-state index in [1.165, 1.54) is 0 Å². The van der Waals surface area contributed by atoms with Crippen molar-refractivity contribution >= 4 is 5.91 Å². The largest absolute Gasteiger partial charge is 0.353 e. The van der Waals surface area contributed by atoms with Crippen molar-refractivity contribution in [3.8, 4) is 0 Å². The number of nitrogens with zero attached hydrogens (tertiary/aromatic N) is 1. The maximum absolute atomic E-state index is 12.3. The minimum atomic E-state index is -0.476. The van der Waals surface area contributed by atoms with E-state index in [-0.39, 0.29) is 22.4 Å². The van der Waals surface area contributed by atoms with Crippen LogP contribution in [0.4, 0.5) is 0 Å². The first-order chi connectivity index (χ1) is 8.20. The Morgan fingerprint density at radius 1 is 1.11 bits per heavy atom. The topological polar surface area (TPSA) is 32.3 Å². The summed E-state index contributed by atoms with van der Waals surface area (Å²) in [4.78, 5) is 14.7. The first kappa shape index (κ1) is 16.5. The third-order valence-corrected chi connectivity index (χ3v) is 3.97. The molecule has 0 aromatic rings. The van der Waals surface area contributed by atoms with Crippen LogP contribution in [0.2, 0.25) is 0 Å². The van der Waals surface area contributed by atoms with E-state index < -0.39 is 5.54 Å². The summed E-state index contributed by atoms with van der Waals surface area (Å²) in [6.45, 7) is 20.5. The minimum absolute atomic E-state index is 0.0248. The molecule has 19 heavy (non-hydrogen) atoms. The van der Waals surface area contributed by atoms with Crippen molar-refractivity contribution in [1.82, 2.24) is 10.2 Å². The molecular formula is C16H32N2O. The highest BCUT2D eigenvalue weighted by Crippen LogP contribution is 2.41. The molecule has 1 aliphatic rings. The number of carbonyl (C=O) groups is 1. The molecule has 3 heteroatoms. The average Bonchev–Trinajstić information content (AvgIpc) is 2.05. The van der Waals surface area contributed by atoms with Crippen molar-refractivity contribution in [3.63, 3.8) is 0 Å². The van der Waals surface area contributed by atoms with Gasteiger partial charge in [-0.3, -0.25) is 9.69 Å². The lowest BCUT2D eigenvalue weighted by Crippen LogP contribution is -2.75. The smallest absolute Gasteiger partial charge is 0.240 e. The molecule has 0 aromatic heterocycles. The highest BCUT2D eigenvalue weighted by Gasteiger charge is 2.53. The van der Waals surface area contributed by atoms with Crippen LogP contribution in [0.25, 0.3) is 0 Å². The van der Waals surface area contributed by atoms with Gasteiger partial charge in [0.25, 0.3) is 0 Å². The monoisotopic (exact) mass is 268 g/mol. The molecule has 0 atom stereocenters. The number of hydrogen-bond donors (Lipinski definition) is 1. The third kappa shape index (κ3) is 3.31. The summed E-state index contributed by atoms with van der Waals surface area (Å²) in [5.74, 6) is 0.133. The molecule has 0 radical (unpaired) electrons. The van der Waals surface area contributed by atoms with Crippen LogP contribution in [0, 0.1) is 5.41 Å². The van der Waals surface area contributed by atoms with E-state index in [9.17, 15) is 4.79 Å². The number of hydrogen-bond acceptors (Lipinski definition) is 2. The summed E-state index contributed by atoms with van der Waals surface area (Å²) in [6, 6.07) is 0. The van der Waals surface area contributed by atoms with Crippen molar-refractivity contribution in [2.24, 2.45) is 5.41 Å². The zero-order valence-corrected chi connectivity index (χ0v) is 14.3. The van der Waals surface area contributed by atoms with E-state index in [1.54, 1.807) is 0 Å². The fraction of sp³-hybridized carbons (Fsp3) is 0.938. The van der Waals surface area contributed by atoms with Gasteiger partial charge >= 0.3 is 0 Å². The molecule has 0 saturated carbocycles. The SMILES string of the molecule is CC(C)(C)CC(C)(C)N1C(C)(C)CNC(=O)C1(C)C. The lowest BCUT2D eigenvalue weighted by atomic mass is 9.75. The Hall–Kier alpha value is -0.570. The highest BCUT2D eigenvalue weighted by molar-refractivity contribution is 5.86. The van der Waals surface area contributed by atoms with Gasteiger partial charge in [0, 0.05) is 17.6 Å². The molecule has 0 spiro atoms. The summed E-state index contributed by atoms with van der Waals surface area (Å²) in [7, 11) is 0. The fourth-order valence-electron chi connectivity index (χ4n) is 4.40. The summed E-state index contributed by atoms with van der Waals surface area (Å²) in [5, 5.41) is 3.05. The average molecular weight is 268 g/mol. The van der Waals surface area contributed by atoms with Gasteiger partial charge in [-0.05, 0) is 53.4 Å². The molecule has 112 valence electrons. The van der Waals surface area contributed by atoms with Crippen molar-refractivity contribution in [3.05, 3.63) is 0 Å². The van der Waals surface area contributed by atoms with Crippen molar-refractivity contribution < 1.29 is 4.79 Å². The van der Waals surface area contributed by atoms with Gasteiger partial charge in [0.1, 0.15) is 0 Å². The van der Waals surface area contributed by atoms with E-state index >= 15 is 0 Å². The maximum atomic E-state index is 12.3. The maximum Gasteiger partial charge on any atom is 0.240 e. The molecule has 3 nitrogen and oxygen atoms in total. The van der Waals surface area contributed by atoms with Crippen LogP contribution in [-0.2, 0) is 4.79 Å². The molecular weight excluding hydrogens is 236 g/mol. The summed E-state index contributed by atoms with van der Waals surface area (Å²) in [5.41, 5.74) is -0.296. The second-order valence-electron chi connectivity index (χ2n) is 8.94. The predicted octanol–water partition coefficient (Wildman–Crippen LogP) is 3.19. The Morgan fingerprint density at radius 3 is 2.00 bits per heavy atom. The Balaban J connectivity index is 3.21. The van der Waals surface area contributed by atoms with E-state index in [4.69, 9.17) is 0 Å².